The molecule has 4 aromatic carbocycles. The van der Waals surface area contributed by atoms with E-state index in [-0.39, 0.29) is 16.6 Å². The summed E-state index contributed by atoms with van der Waals surface area (Å²) in [7, 11) is 0. The van der Waals surface area contributed by atoms with Gasteiger partial charge in [0.15, 0.2) is 0 Å². The molecule has 6 rings (SSSR count). The van der Waals surface area contributed by atoms with Gasteiger partial charge in [-0.1, -0.05) is 89.9 Å². The van der Waals surface area contributed by atoms with Gasteiger partial charge in [0.25, 0.3) is 11.8 Å². The number of rotatable bonds is 11. The van der Waals surface area contributed by atoms with E-state index < -0.39 is 17.1 Å². The molecular formula is C40H33Cl2N5O3S2. The monoisotopic (exact) mass is 765 g/mol. The number of hydrogen-bond acceptors (Lipinski definition) is 7. The second kappa shape index (κ2) is 17.1. The minimum Gasteiger partial charge on any atom is -0.321 e. The molecule has 1 aromatic heterocycles. The quantitative estimate of drug-likeness (QED) is 0.0914. The van der Waals surface area contributed by atoms with Crippen molar-refractivity contribution in [3.05, 3.63) is 152 Å². The van der Waals surface area contributed by atoms with Crippen LogP contribution in [0, 0.1) is 11.3 Å². The number of nitriles is 1. The number of hydrogen-bond donors (Lipinski definition) is 3. The summed E-state index contributed by atoms with van der Waals surface area (Å²) in [6, 6.07) is 33.2. The largest absolute Gasteiger partial charge is 0.321 e. The zero-order valence-electron chi connectivity index (χ0n) is 28.0. The van der Waals surface area contributed by atoms with Crippen molar-refractivity contribution in [3.63, 3.8) is 0 Å². The number of nitrogens with one attached hydrogen (secondary N) is 3. The molecule has 1 atom stereocenters. The first-order valence-electron chi connectivity index (χ1n) is 16.4. The van der Waals surface area contributed by atoms with E-state index in [9.17, 15) is 19.6 Å². The zero-order chi connectivity index (χ0) is 36.6. The zero-order valence-corrected chi connectivity index (χ0v) is 31.1. The molecule has 0 aliphatic carbocycles. The molecule has 0 saturated carbocycles. The van der Waals surface area contributed by atoms with Gasteiger partial charge in [0, 0.05) is 40.7 Å². The number of halogens is 2. The Hall–Kier alpha value is -4.89. The topological polar surface area (TPSA) is 114 Å². The van der Waals surface area contributed by atoms with Crippen molar-refractivity contribution in [2.24, 2.45) is 0 Å². The first kappa shape index (κ1) is 36.9. The molecule has 1 aliphatic rings. The van der Waals surface area contributed by atoms with Gasteiger partial charge in [-0.05, 0) is 72.5 Å². The summed E-state index contributed by atoms with van der Waals surface area (Å²) in [6.45, 7) is 4.18. The average Bonchev–Trinajstić information content (AvgIpc) is 3.49. The number of fused-ring (bicyclic) bond motifs is 1. The Kier molecular flexibility index (Phi) is 12.1. The fourth-order valence-corrected chi connectivity index (χ4v) is 8.22. The molecule has 5 aromatic rings. The summed E-state index contributed by atoms with van der Waals surface area (Å²) >= 11 is 15.4. The molecule has 3 amide bonds. The van der Waals surface area contributed by atoms with Crippen molar-refractivity contribution in [1.29, 1.82) is 5.26 Å². The molecule has 3 N–H and O–H groups in total. The number of thiophene rings is 1. The van der Waals surface area contributed by atoms with Crippen molar-refractivity contribution < 1.29 is 14.4 Å². The predicted octanol–water partition coefficient (Wildman–Crippen LogP) is 9.01. The van der Waals surface area contributed by atoms with Gasteiger partial charge in [0.05, 0.1) is 20.9 Å². The summed E-state index contributed by atoms with van der Waals surface area (Å²) in [5.74, 6) is -1.29. The second-order valence-corrected chi connectivity index (χ2v) is 15.3. The van der Waals surface area contributed by atoms with Gasteiger partial charge < -0.3 is 16.0 Å². The molecule has 12 heteroatoms. The van der Waals surface area contributed by atoms with Crippen molar-refractivity contribution in [2.75, 3.05) is 17.2 Å². The lowest BCUT2D eigenvalue weighted by Gasteiger charge is -2.26. The highest BCUT2D eigenvalue weighted by Gasteiger charge is 2.27. The molecule has 0 spiro atoms. The molecule has 1 aliphatic heterocycles. The van der Waals surface area contributed by atoms with E-state index in [1.165, 1.54) is 34.7 Å². The lowest BCUT2D eigenvalue weighted by molar-refractivity contribution is -0.115. The molecule has 2 heterocycles. The fourth-order valence-electron chi connectivity index (χ4n) is 5.69. The van der Waals surface area contributed by atoms with Gasteiger partial charge in [-0.15, -0.1) is 23.1 Å². The maximum Gasteiger partial charge on any atom is 0.272 e. The highest BCUT2D eigenvalue weighted by atomic mass is 35.5. The Balaban J connectivity index is 1.12. The number of carbonyl (C=O) groups is 3. The summed E-state index contributed by atoms with van der Waals surface area (Å²) < 4.78 is 0. The van der Waals surface area contributed by atoms with E-state index >= 15 is 0 Å². The second-order valence-electron chi connectivity index (χ2n) is 12.0. The Bertz CT molecular complexity index is 2180. The molecule has 1 unspecified atom stereocenters. The van der Waals surface area contributed by atoms with Gasteiger partial charge >= 0.3 is 0 Å². The normalized spacial score (nSPS) is 13.4. The highest BCUT2D eigenvalue weighted by Crippen LogP contribution is 2.38. The lowest BCUT2D eigenvalue weighted by Crippen LogP contribution is -2.30. The molecule has 262 valence electrons. The Morgan fingerprint density at radius 1 is 0.962 bits per heavy atom. The lowest BCUT2D eigenvalue weighted by atomic mass is 10.0. The van der Waals surface area contributed by atoms with Gasteiger partial charge in [-0.3, -0.25) is 19.3 Å². The predicted molar refractivity (Wildman–Crippen MR) is 211 cm³/mol. The van der Waals surface area contributed by atoms with Crippen molar-refractivity contribution >= 4 is 80.8 Å². The maximum atomic E-state index is 13.6. The molecule has 0 radical (unpaired) electrons. The SMILES string of the molecule is CC(Sc1cccc(NC(=O)/C(=C\c2cccc(Cl)c2Cl)NC(=O)c2ccccc2)c1)C(=O)Nc1sc2c(c1C#N)CCN(Cc1ccccc1)C2. The number of carbonyl (C=O) groups excluding carboxylic acids is 3. The fraction of sp³-hybridized carbons (Fsp3) is 0.150. The maximum absolute atomic E-state index is 13.6. The number of benzene rings is 4. The molecule has 0 fully saturated rings. The van der Waals surface area contributed by atoms with E-state index in [4.69, 9.17) is 23.2 Å². The molecule has 0 saturated heterocycles. The van der Waals surface area contributed by atoms with E-state index in [0.29, 0.717) is 32.4 Å². The van der Waals surface area contributed by atoms with Gasteiger partial charge in [-0.2, -0.15) is 5.26 Å². The van der Waals surface area contributed by atoms with Crippen LogP contribution in [-0.4, -0.2) is 34.4 Å². The summed E-state index contributed by atoms with van der Waals surface area (Å²) in [5, 5.41) is 19.2. The van der Waals surface area contributed by atoms with Crippen LogP contribution in [0.2, 0.25) is 10.0 Å². The minimum absolute atomic E-state index is 0.0426. The van der Waals surface area contributed by atoms with Crippen molar-refractivity contribution in [2.45, 2.75) is 36.6 Å². The van der Waals surface area contributed by atoms with Crippen LogP contribution in [0.4, 0.5) is 10.7 Å². The molecule has 8 nitrogen and oxygen atoms in total. The van der Waals surface area contributed by atoms with Crippen LogP contribution in [0.1, 0.15) is 44.4 Å². The van der Waals surface area contributed by atoms with Crippen molar-refractivity contribution in [3.8, 4) is 6.07 Å². The standard InChI is InChI=1S/C40H33Cl2N5O3S2/c1-25(37(48)46-40-32(22-43)31-18-19-47(24-35(31)52-40)23-26-10-4-2-5-11-26)51-30-16-9-15-29(21-30)44-39(50)34(20-28-14-8-17-33(41)36(28)42)45-38(49)27-12-6-3-7-13-27/h2-17,20-21,25H,18-19,23-24H2,1H3,(H,44,50)(H,45,49)(H,46,48)/b34-20+. The highest BCUT2D eigenvalue weighted by molar-refractivity contribution is 8.00. The van der Waals surface area contributed by atoms with Crippen LogP contribution in [0.3, 0.4) is 0 Å². The van der Waals surface area contributed by atoms with E-state index in [2.05, 4.69) is 39.1 Å². The van der Waals surface area contributed by atoms with Gasteiger partial charge in [-0.25, -0.2) is 0 Å². The Morgan fingerprint density at radius 3 is 2.44 bits per heavy atom. The Labute approximate surface area is 320 Å². The molecule has 52 heavy (non-hydrogen) atoms. The third-order valence-electron chi connectivity index (χ3n) is 8.32. The number of anilines is 2. The van der Waals surface area contributed by atoms with Crippen LogP contribution in [-0.2, 0) is 29.1 Å². The Morgan fingerprint density at radius 2 is 1.69 bits per heavy atom. The van der Waals surface area contributed by atoms with Crippen LogP contribution in [0.25, 0.3) is 6.08 Å². The average molecular weight is 767 g/mol. The number of amides is 3. The number of nitrogens with zero attached hydrogens (tertiary/aromatic N) is 2. The van der Waals surface area contributed by atoms with E-state index in [1.807, 2.05) is 24.3 Å². The summed E-state index contributed by atoms with van der Waals surface area (Å²) in [5.41, 5.74) is 4.03. The van der Waals surface area contributed by atoms with Crippen molar-refractivity contribution in [1.82, 2.24) is 10.2 Å². The number of thioether (sulfide) groups is 1. The van der Waals surface area contributed by atoms with Crippen LogP contribution in [0.5, 0.6) is 0 Å². The molecular weight excluding hydrogens is 734 g/mol. The van der Waals surface area contributed by atoms with Crippen LogP contribution >= 0.6 is 46.3 Å². The first-order valence-corrected chi connectivity index (χ1v) is 18.9. The van der Waals surface area contributed by atoms with Gasteiger partial charge in [0.1, 0.15) is 16.8 Å². The summed E-state index contributed by atoms with van der Waals surface area (Å²) in [6.07, 6.45) is 2.22. The van der Waals surface area contributed by atoms with E-state index in [0.717, 1.165) is 41.4 Å². The molecule has 0 bridgehead atoms. The first-order chi connectivity index (χ1) is 25.2. The minimum atomic E-state index is -0.582. The van der Waals surface area contributed by atoms with Crippen LogP contribution < -0.4 is 16.0 Å². The van der Waals surface area contributed by atoms with Gasteiger partial charge in [0.2, 0.25) is 5.91 Å². The van der Waals surface area contributed by atoms with E-state index in [1.54, 1.807) is 73.7 Å². The van der Waals surface area contributed by atoms with Crippen LogP contribution in [0.15, 0.2) is 114 Å². The smallest absolute Gasteiger partial charge is 0.272 e. The summed E-state index contributed by atoms with van der Waals surface area (Å²) in [4.78, 5) is 44.3. The third-order valence-corrected chi connectivity index (χ3v) is 11.4. The third kappa shape index (κ3) is 9.12.